The number of aromatic carboxylic acids is 1. The summed E-state index contributed by atoms with van der Waals surface area (Å²) in [6.45, 7) is 4.86. The summed E-state index contributed by atoms with van der Waals surface area (Å²) >= 11 is 1.35. The molecule has 1 aliphatic rings. The SMILES string of the molecule is CCCN1CCC(O)(c2sccc2C(=O)O)CC1. The Balaban J connectivity index is 2.13. The van der Waals surface area contributed by atoms with Crippen LogP contribution in [0, 0.1) is 0 Å². The Morgan fingerprint density at radius 2 is 2.17 bits per heavy atom. The molecular weight excluding hydrogens is 250 g/mol. The molecule has 1 saturated heterocycles. The van der Waals surface area contributed by atoms with E-state index in [-0.39, 0.29) is 5.56 Å². The second-order valence-electron chi connectivity index (χ2n) is 4.84. The molecule has 0 spiro atoms. The van der Waals surface area contributed by atoms with Crippen LogP contribution >= 0.6 is 11.3 Å². The van der Waals surface area contributed by atoms with Gasteiger partial charge in [0.15, 0.2) is 0 Å². The molecule has 1 aliphatic heterocycles. The van der Waals surface area contributed by atoms with Gasteiger partial charge in [-0.1, -0.05) is 6.92 Å². The Hall–Kier alpha value is -0.910. The van der Waals surface area contributed by atoms with Gasteiger partial charge in [-0.25, -0.2) is 4.79 Å². The first-order valence-corrected chi connectivity index (χ1v) is 7.21. The Morgan fingerprint density at radius 3 is 2.72 bits per heavy atom. The second kappa shape index (κ2) is 5.38. The average molecular weight is 269 g/mol. The minimum atomic E-state index is -0.952. The molecule has 1 aromatic rings. The molecule has 0 unspecified atom stereocenters. The van der Waals surface area contributed by atoms with Crippen LogP contribution in [0.1, 0.15) is 41.4 Å². The minimum absolute atomic E-state index is 0.256. The Kier molecular flexibility index (Phi) is 4.04. The monoisotopic (exact) mass is 269 g/mol. The van der Waals surface area contributed by atoms with Gasteiger partial charge in [-0.15, -0.1) is 11.3 Å². The van der Waals surface area contributed by atoms with E-state index in [2.05, 4.69) is 11.8 Å². The Morgan fingerprint density at radius 1 is 1.50 bits per heavy atom. The minimum Gasteiger partial charge on any atom is -0.478 e. The second-order valence-corrected chi connectivity index (χ2v) is 5.76. The van der Waals surface area contributed by atoms with E-state index < -0.39 is 11.6 Å². The molecule has 100 valence electrons. The van der Waals surface area contributed by atoms with Crippen LogP contribution in [0.15, 0.2) is 11.4 Å². The van der Waals surface area contributed by atoms with Crippen LogP contribution in [0.4, 0.5) is 0 Å². The molecular formula is C13H19NO3S. The smallest absolute Gasteiger partial charge is 0.336 e. The first-order chi connectivity index (χ1) is 8.57. The molecule has 0 aromatic carbocycles. The summed E-state index contributed by atoms with van der Waals surface area (Å²) in [5, 5.41) is 21.5. The maximum Gasteiger partial charge on any atom is 0.336 e. The van der Waals surface area contributed by atoms with Crippen molar-refractivity contribution < 1.29 is 15.0 Å². The lowest BCUT2D eigenvalue weighted by molar-refractivity contribution is -0.0236. The molecule has 0 radical (unpaired) electrons. The molecule has 5 heteroatoms. The normalized spacial score (nSPS) is 19.9. The van der Waals surface area contributed by atoms with Gasteiger partial charge in [0.1, 0.15) is 5.60 Å². The van der Waals surface area contributed by atoms with Crippen molar-refractivity contribution in [3.63, 3.8) is 0 Å². The summed E-state index contributed by atoms with van der Waals surface area (Å²) in [4.78, 5) is 14.1. The third kappa shape index (κ3) is 2.58. The van der Waals surface area contributed by atoms with Gasteiger partial charge in [0.25, 0.3) is 0 Å². The molecule has 0 saturated carbocycles. The predicted molar refractivity (Wildman–Crippen MR) is 71.1 cm³/mol. The van der Waals surface area contributed by atoms with Gasteiger partial charge < -0.3 is 15.1 Å². The van der Waals surface area contributed by atoms with Gasteiger partial charge in [-0.3, -0.25) is 0 Å². The topological polar surface area (TPSA) is 60.8 Å². The van der Waals surface area contributed by atoms with Crippen LogP contribution in [-0.4, -0.2) is 40.7 Å². The number of aliphatic hydroxyl groups is 1. The van der Waals surface area contributed by atoms with Gasteiger partial charge >= 0.3 is 5.97 Å². The van der Waals surface area contributed by atoms with Crippen molar-refractivity contribution in [3.8, 4) is 0 Å². The number of rotatable bonds is 4. The number of hydrogen-bond acceptors (Lipinski definition) is 4. The van der Waals surface area contributed by atoms with E-state index >= 15 is 0 Å². The van der Waals surface area contributed by atoms with Crippen LogP contribution in [0.3, 0.4) is 0 Å². The number of hydrogen-bond donors (Lipinski definition) is 2. The Labute approximate surface area is 111 Å². The van der Waals surface area contributed by atoms with E-state index in [1.807, 2.05) is 0 Å². The number of carboxylic acid groups (broad SMARTS) is 1. The maximum atomic E-state index is 11.1. The van der Waals surface area contributed by atoms with Crippen molar-refractivity contribution in [2.24, 2.45) is 0 Å². The van der Waals surface area contributed by atoms with Crippen molar-refractivity contribution in [2.45, 2.75) is 31.8 Å². The first-order valence-electron chi connectivity index (χ1n) is 6.33. The van der Waals surface area contributed by atoms with E-state index in [0.717, 1.165) is 26.1 Å². The molecule has 0 atom stereocenters. The highest BCUT2D eigenvalue weighted by atomic mass is 32.1. The lowest BCUT2D eigenvalue weighted by Gasteiger charge is -2.37. The molecule has 18 heavy (non-hydrogen) atoms. The summed E-state index contributed by atoms with van der Waals surface area (Å²) in [7, 11) is 0. The number of carbonyl (C=O) groups is 1. The zero-order chi connectivity index (χ0) is 13.2. The fraction of sp³-hybridized carbons (Fsp3) is 0.615. The van der Waals surface area contributed by atoms with Crippen molar-refractivity contribution in [3.05, 3.63) is 21.9 Å². The van der Waals surface area contributed by atoms with E-state index in [1.54, 1.807) is 11.4 Å². The third-order valence-electron chi connectivity index (χ3n) is 3.54. The Bertz CT molecular complexity index is 422. The molecule has 2 rings (SSSR count). The molecule has 0 amide bonds. The highest BCUT2D eigenvalue weighted by molar-refractivity contribution is 7.10. The largest absolute Gasteiger partial charge is 0.478 e. The maximum absolute atomic E-state index is 11.1. The van der Waals surface area contributed by atoms with Crippen molar-refractivity contribution >= 4 is 17.3 Å². The van der Waals surface area contributed by atoms with Gasteiger partial charge in [0.05, 0.1) is 10.4 Å². The van der Waals surface area contributed by atoms with E-state index in [1.165, 1.54) is 11.3 Å². The number of likely N-dealkylation sites (tertiary alicyclic amines) is 1. The average Bonchev–Trinajstić information content (AvgIpc) is 2.82. The summed E-state index contributed by atoms with van der Waals surface area (Å²) in [6.07, 6.45) is 2.35. The number of nitrogens with zero attached hydrogens (tertiary/aromatic N) is 1. The predicted octanol–water partition coefficient (Wildman–Crippen LogP) is 2.14. The van der Waals surface area contributed by atoms with Crippen molar-refractivity contribution in [1.82, 2.24) is 4.90 Å². The zero-order valence-corrected chi connectivity index (χ0v) is 11.4. The van der Waals surface area contributed by atoms with Crippen LogP contribution in [0.2, 0.25) is 0 Å². The van der Waals surface area contributed by atoms with Crippen LogP contribution in [0.25, 0.3) is 0 Å². The van der Waals surface area contributed by atoms with Gasteiger partial charge in [-0.2, -0.15) is 0 Å². The molecule has 1 fully saturated rings. The summed E-state index contributed by atoms with van der Waals surface area (Å²) in [5.41, 5.74) is -0.696. The van der Waals surface area contributed by atoms with Gasteiger partial charge in [-0.05, 0) is 37.3 Å². The fourth-order valence-corrected chi connectivity index (χ4v) is 3.57. The highest BCUT2D eigenvalue weighted by Gasteiger charge is 2.37. The number of carboxylic acids is 1. The molecule has 0 aliphatic carbocycles. The van der Waals surface area contributed by atoms with Crippen LogP contribution in [0.5, 0.6) is 0 Å². The standard InChI is InChI=1S/C13H19NO3S/c1-2-6-14-7-4-13(17,5-8-14)11-10(12(15)16)3-9-18-11/h3,9,17H,2,4-8H2,1H3,(H,15,16). The van der Waals surface area contributed by atoms with E-state index in [4.69, 9.17) is 5.11 Å². The van der Waals surface area contributed by atoms with Crippen molar-refractivity contribution in [1.29, 1.82) is 0 Å². The molecule has 1 aromatic heterocycles. The van der Waals surface area contributed by atoms with Crippen LogP contribution in [-0.2, 0) is 5.60 Å². The quantitative estimate of drug-likeness (QED) is 0.879. The van der Waals surface area contributed by atoms with Gasteiger partial charge in [0, 0.05) is 13.1 Å². The van der Waals surface area contributed by atoms with E-state index in [9.17, 15) is 9.90 Å². The van der Waals surface area contributed by atoms with E-state index in [0.29, 0.717) is 17.7 Å². The summed E-state index contributed by atoms with van der Waals surface area (Å²) < 4.78 is 0. The summed E-state index contributed by atoms with van der Waals surface area (Å²) in [5.74, 6) is -0.948. The van der Waals surface area contributed by atoms with Gasteiger partial charge in [0.2, 0.25) is 0 Å². The third-order valence-corrected chi connectivity index (χ3v) is 4.65. The molecule has 2 N–H and O–H groups in total. The number of thiophene rings is 1. The molecule has 0 bridgehead atoms. The van der Waals surface area contributed by atoms with Crippen molar-refractivity contribution in [2.75, 3.05) is 19.6 Å². The lowest BCUT2D eigenvalue weighted by atomic mass is 9.88. The molecule has 4 nitrogen and oxygen atoms in total. The fourth-order valence-electron chi connectivity index (χ4n) is 2.53. The number of piperidine rings is 1. The first kappa shape index (κ1) is 13.5. The van der Waals surface area contributed by atoms with Crippen LogP contribution < -0.4 is 0 Å². The summed E-state index contributed by atoms with van der Waals surface area (Å²) in [6, 6.07) is 1.58. The lowest BCUT2D eigenvalue weighted by Crippen LogP contribution is -2.42. The zero-order valence-electron chi connectivity index (χ0n) is 10.6. The molecule has 2 heterocycles. The highest BCUT2D eigenvalue weighted by Crippen LogP contribution is 2.38.